The molecule has 2 fully saturated rings. The van der Waals surface area contributed by atoms with Crippen molar-refractivity contribution in [2.24, 2.45) is 5.92 Å². The van der Waals surface area contributed by atoms with Crippen LogP contribution in [0, 0.1) is 5.92 Å². The highest BCUT2D eigenvalue weighted by Gasteiger charge is 2.32. The quantitative estimate of drug-likeness (QED) is 0.776. The van der Waals surface area contributed by atoms with Gasteiger partial charge in [-0.2, -0.15) is 0 Å². The number of amides is 1. The van der Waals surface area contributed by atoms with Crippen LogP contribution in [0.5, 0.6) is 0 Å². The van der Waals surface area contributed by atoms with E-state index in [1.807, 2.05) is 0 Å². The highest BCUT2D eigenvalue weighted by atomic mass is 35.5. The van der Waals surface area contributed by atoms with E-state index in [-0.39, 0.29) is 42.3 Å². The summed E-state index contributed by atoms with van der Waals surface area (Å²) in [5.74, 6) is 0.869. The molecule has 2 aliphatic rings. The minimum absolute atomic E-state index is 0. The Bertz CT molecular complexity index is 350. The van der Waals surface area contributed by atoms with E-state index in [1.54, 1.807) is 0 Å². The predicted octanol–water partition coefficient (Wildman–Crippen LogP) is 1.84. The molecule has 0 aliphatic carbocycles. The fourth-order valence-electron chi connectivity index (χ4n) is 3.22. The molecule has 0 aromatic rings. The Morgan fingerprint density at radius 1 is 1.39 bits per heavy atom. The van der Waals surface area contributed by atoms with Gasteiger partial charge < -0.3 is 15.4 Å². The van der Waals surface area contributed by atoms with Crippen LogP contribution in [-0.4, -0.2) is 61.8 Å². The summed E-state index contributed by atoms with van der Waals surface area (Å²) < 4.78 is 5.35. The molecule has 2 unspecified atom stereocenters. The molecule has 0 radical (unpaired) electrons. The van der Waals surface area contributed by atoms with Gasteiger partial charge in [-0.25, -0.2) is 0 Å². The molecule has 7 heteroatoms. The van der Waals surface area contributed by atoms with Gasteiger partial charge in [0.25, 0.3) is 0 Å². The van der Waals surface area contributed by atoms with Gasteiger partial charge in [0, 0.05) is 25.2 Å². The average Bonchev–Trinajstić information content (AvgIpc) is 2.53. The van der Waals surface area contributed by atoms with Gasteiger partial charge in [0.2, 0.25) is 5.91 Å². The van der Waals surface area contributed by atoms with E-state index < -0.39 is 0 Å². The monoisotopic (exact) mass is 369 g/mol. The maximum atomic E-state index is 12.2. The van der Waals surface area contributed by atoms with E-state index in [4.69, 9.17) is 4.74 Å². The van der Waals surface area contributed by atoms with Crippen molar-refractivity contribution >= 4 is 30.7 Å². The summed E-state index contributed by atoms with van der Waals surface area (Å²) in [4.78, 5) is 14.7. The van der Waals surface area contributed by atoms with Crippen LogP contribution in [0.15, 0.2) is 0 Å². The second kappa shape index (κ2) is 10.7. The second-order valence-electron chi connectivity index (χ2n) is 6.97. The van der Waals surface area contributed by atoms with Crippen LogP contribution in [0.4, 0.5) is 0 Å². The molecule has 2 atom stereocenters. The van der Waals surface area contributed by atoms with Crippen molar-refractivity contribution in [1.82, 2.24) is 15.5 Å². The van der Waals surface area contributed by atoms with Crippen molar-refractivity contribution in [1.29, 1.82) is 0 Å². The summed E-state index contributed by atoms with van der Waals surface area (Å²) in [6.07, 6.45) is 3.87. The first-order chi connectivity index (χ1) is 10.0. The number of carbonyl (C=O) groups is 1. The molecule has 0 saturated carbocycles. The zero-order valence-corrected chi connectivity index (χ0v) is 16.2. The minimum Gasteiger partial charge on any atom is -0.378 e. The maximum absolute atomic E-state index is 12.2. The van der Waals surface area contributed by atoms with Crippen molar-refractivity contribution in [2.75, 3.05) is 39.4 Å². The zero-order chi connectivity index (χ0) is 15.3. The number of ether oxygens (including phenoxy) is 1. The number of piperidine rings is 1. The summed E-state index contributed by atoms with van der Waals surface area (Å²) in [6.45, 7) is 11.7. The number of halogens is 2. The first kappa shape index (κ1) is 22.9. The van der Waals surface area contributed by atoms with Crippen molar-refractivity contribution in [3.8, 4) is 0 Å². The van der Waals surface area contributed by atoms with Crippen molar-refractivity contribution in [3.63, 3.8) is 0 Å². The number of likely N-dealkylation sites (tertiary alicyclic amines) is 1. The van der Waals surface area contributed by atoms with Crippen LogP contribution in [0.2, 0.25) is 0 Å². The molecule has 138 valence electrons. The summed E-state index contributed by atoms with van der Waals surface area (Å²) in [6, 6.07) is -0.195. The normalized spacial score (nSPS) is 25.9. The number of hydrogen-bond donors (Lipinski definition) is 2. The molecule has 0 aromatic carbocycles. The van der Waals surface area contributed by atoms with Gasteiger partial charge in [-0.15, -0.1) is 24.8 Å². The standard InChI is InChI=1S/C16H31N3O2.2ClH/c1-4-13-6-5-8-19(10-13)16(2,3)12-18-15(20)14-11-21-9-7-17-14;;/h13-14,17H,4-12H2,1-3H3,(H,18,20);2*1H. The SMILES string of the molecule is CCC1CCCN(C(C)(C)CNC(=O)C2COCCN2)C1.Cl.Cl. The Hall–Kier alpha value is -0.0700. The Balaban J connectivity index is 0.00000242. The molecule has 2 N–H and O–H groups in total. The molecule has 1 amide bonds. The Morgan fingerprint density at radius 3 is 2.74 bits per heavy atom. The molecule has 0 bridgehead atoms. The van der Waals surface area contributed by atoms with E-state index in [0.717, 1.165) is 25.6 Å². The third-order valence-corrected chi connectivity index (χ3v) is 4.89. The molecule has 0 spiro atoms. The van der Waals surface area contributed by atoms with Crippen LogP contribution in [0.25, 0.3) is 0 Å². The van der Waals surface area contributed by atoms with Gasteiger partial charge >= 0.3 is 0 Å². The Morgan fingerprint density at radius 2 is 2.13 bits per heavy atom. The first-order valence-corrected chi connectivity index (χ1v) is 8.37. The average molecular weight is 370 g/mol. The van der Waals surface area contributed by atoms with Crippen molar-refractivity contribution in [3.05, 3.63) is 0 Å². The minimum atomic E-state index is -0.195. The second-order valence-corrected chi connectivity index (χ2v) is 6.97. The van der Waals surface area contributed by atoms with E-state index in [1.165, 1.54) is 19.3 Å². The zero-order valence-electron chi connectivity index (χ0n) is 14.6. The number of carbonyl (C=O) groups excluding carboxylic acids is 1. The summed E-state index contributed by atoms with van der Waals surface area (Å²) in [5, 5.41) is 6.30. The third kappa shape index (κ3) is 6.75. The van der Waals surface area contributed by atoms with E-state index in [2.05, 4.69) is 36.3 Å². The van der Waals surface area contributed by atoms with Gasteiger partial charge in [0.15, 0.2) is 0 Å². The van der Waals surface area contributed by atoms with Gasteiger partial charge in [-0.05, 0) is 39.2 Å². The fraction of sp³-hybridized carbons (Fsp3) is 0.938. The van der Waals surface area contributed by atoms with Crippen LogP contribution < -0.4 is 10.6 Å². The number of rotatable bonds is 5. The first-order valence-electron chi connectivity index (χ1n) is 8.37. The summed E-state index contributed by atoms with van der Waals surface area (Å²) >= 11 is 0. The van der Waals surface area contributed by atoms with Crippen LogP contribution in [0.3, 0.4) is 0 Å². The fourth-order valence-corrected chi connectivity index (χ4v) is 3.22. The molecule has 0 aromatic heterocycles. The van der Waals surface area contributed by atoms with Crippen molar-refractivity contribution in [2.45, 2.75) is 51.6 Å². The smallest absolute Gasteiger partial charge is 0.239 e. The predicted molar refractivity (Wildman–Crippen MR) is 98.8 cm³/mol. The number of nitrogens with one attached hydrogen (secondary N) is 2. The number of hydrogen-bond acceptors (Lipinski definition) is 4. The molecular weight excluding hydrogens is 337 g/mol. The van der Waals surface area contributed by atoms with Gasteiger partial charge in [0.05, 0.1) is 13.2 Å². The van der Waals surface area contributed by atoms with Gasteiger partial charge in [-0.1, -0.05) is 13.3 Å². The Kier molecular flexibility index (Phi) is 10.7. The highest BCUT2D eigenvalue weighted by molar-refractivity contribution is 5.85. The summed E-state index contributed by atoms with van der Waals surface area (Å²) in [7, 11) is 0. The van der Waals surface area contributed by atoms with E-state index in [9.17, 15) is 4.79 Å². The number of nitrogens with zero attached hydrogens (tertiary/aromatic N) is 1. The Labute approximate surface area is 153 Å². The van der Waals surface area contributed by atoms with Gasteiger partial charge in [-0.3, -0.25) is 9.69 Å². The van der Waals surface area contributed by atoms with E-state index in [0.29, 0.717) is 19.8 Å². The van der Waals surface area contributed by atoms with E-state index >= 15 is 0 Å². The lowest BCUT2D eigenvalue weighted by molar-refractivity contribution is -0.126. The lowest BCUT2D eigenvalue weighted by Gasteiger charge is -2.43. The molecule has 2 saturated heterocycles. The molecule has 2 aliphatic heterocycles. The van der Waals surface area contributed by atoms with Crippen LogP contribution >= 0.6 is 24.8 Å². The molecule has 23 heavy (non-hydrogen) atoms. The van der Waals surface area contributed by atoms with Gasteiger partial charge in [0.1, 0.15) is 6.04 Å². The maximum Gasteiger partial charge on any atom is 0.239 e. The summed E-state index contributed by atoms with van der Waals surface area (Å²) in [5.41, 5.74) is 0.0129. The topological polar surface area (TPSA) is 53.6 Å². The molecule has 2 rings (SSSR count). The lowest BCUT2D eigenvalue weighted by Crippen LogP contribution is -2.58. The van der Waals surface area contributed by atoms with Crippen molar-refractivity contribution < 1.29 is 9.53 Å². The van der Waals surface area contributed by atoms with Crippen LogP contribution in [-0.2, 0) is 9.53 Å². The highest BCUT2D eigenvalue weighted by Crippen LogP contribution is 2.25. The largest absolute Gasteiger partial charge is 0.378 e. The molecule has 2 heterocycles. The molecule has 5 nitrogen and oxygen atoms in total. The van der Waals surface area contributed by atoms with Crippen LogP contribution in [0.1, 0.15) is 40.0 Å². The third-order valence-electron chi connectivity index (χ3n) is 4.89. The lowest BCUT2D eigenvalue weighted by atomic mass is 9.91. The number of morpholine rings is 1. The molecular formula is C16H33Cl2N3O2.